The molecule has 1 fully saturated rings. The Morgan fingerprint density at radius 3 is 2.89 bits per heavy atom. The highest BCUT2D eigenvalue weighted by molar-refractivity contribution is 6.30. The molecule has 0 bridgehead atoms. The standard InChI is InChI=1S/C12H13ClFNO4/c13-8-2-1-7(5-9(8)14)11-10(16)6-15(12(17)18)3-4-19-11/h1-2,5,10-11,16H,3-4,6H2,(H,17,18)/t10-,11+/m0/s1. The number of halogens is 2. The molecule has 0 aliphatic carbocycles. The zero-order chi connectivity index (χ0) is 14.0. The third-order valence-corrected chi connectivity index (χ3v) is 3.26. The number of aliphatic hydroxyl groups excluding tert-OH is 1. The Morgan fingerprint density at radius 2 is 2.26 bits per heavy atom. The topological polar surface area (TPSA) is 70.0 Å². The number of nitrogens with zero attached hydrogens (tertiary/aromatic N) is 1. The van der Waals surface area contributed by atoms with Crippen molar-refractivity contribution in [3.63, 3.8) is 0 Å². The molecule has 0 saturated carbocycles. The molecule has 1 heterocycles. The van der Waals surface area contributed by atoms with Gasteiger partial charge in [0, 0.05) is 6.54 Å². The van der Waals surface area contributed by atoms with Gasteiger partial charge in [-0.05, 0) is 17.7 Å². The molecule has 1 aromatic rings. The maximum atomic E-state index is 13.4. The first-order chi connectivity index (χ1) is 8.99. The van der Waals surface area contributed by atoms with Crippen molar-refractivity contribution >= 4 is 17.7 Å². The van der Waals surface area contributed by atoms with Crippen LogP contribution < -0.4 is 0 Å². The summed E-state index contributed by atoms with van der Waals surface area (Å²) in [6.45, 7) is 0.224. The molecule has 5 nitrogen and oxygen atoms in total. The van der Waals surface area contributed by atoms with E-state index in [4.69, 9.17) is 21.4 Å². The average molecular weight is 290 g/mol. The molecule has 2 atom stereocenters. The number of ether oxygens (including phenoxy) is 1. The summed E-state index contributed by atoms with van der Waals surface area (Å²) in [5.41, 5.74) is 0.432. The molecular weight excluding hydrogens is 277 g/mol. The molecule has 1 amide bonds. The van der Waals surface area contributed by atoms with Gasteiger partial charge in [-0.3, -0.25) is 0 Å². The number of rotatable bonds is 1. The Kier molecular flexibility index (Phi) is 4.24. The Morgan fingerprint density at radius 1 is 1.53 bits per heavy atom. The van der Waals surface area contributed by atoms with E-state index >= 15 is 0 Å². The first-order valence-electron chi connectivity index (χ1n) is 5.71. The predicted octanol–water partition coefficient (Wildman–Crippen LogP) is 1.89. The highest BCUT2D eigenvalue weighted by Crippen LogP contribution is 2.27. The van der Waals surface area contributed by atoms with E-state index in [0.717, 1.165) is 4.90 Å². The zero-order valence-electron chi connectivity index (χ0n) is 9.92. The normalized spacial score (nSPS) is 24.1. The van der Waals surface area contributed by atoms with E-state index in [1.807, 2.05) is 0 Å². The lowest BCUT2D eigenvalue weighted by molar-refractivity contribution is -0.0212. The number of benzene rings is 1. The van der Waals surface area contributed by atoms with Crippen LogP contribution in [0.3, 0.4) is 0 Å². The van der Waals surface area contributed by atoms with Crippen molar-refractivity contribution in [3.05, 3.63) is 34.6 Å². The predicted molar refractivity (Wildman–Crippen MR) is 65.7 cm³/mol. The van der Waals surface area contributed by atoms with E-state index in [2.05, 4.69) is 0 Å². The fraction of sp³-hybridized carbons (Fsp3) is 0.417. The SMILES string of the molecule is O=C(O)N1CCO[C@H](c2ccc(Cl)c(F)c2)[C@@H](O)C1. The molecule has 104 valence electrons. The van der Waals surface area contributed by atoms with Crippen LogP contribution in [0.1, 0.15) is 11.7 Å². The smallest absolute Gasteiger partial charge is 0.407 e. The molecule has 1 saturated heterocycles. The lowest BCUT2D eigenvalue weighted by atomic mass is 10.0. The van der Waals surface area contributed by atoms with Crippen LogP contribution in [0.25, 0.3) is 0 Å². The highest BCUT2D eigenvalue weighted by Gasteiger charge is 2.29. The van der Waals surface area contributed by atoms with Crippen LogP contribution in [0.15, 0.2) is 18.2 Å². The van der Waals surface area contributed by atoms with Crippen LogP contribution in [0.5, 0.6) is 0 Å². The Hall–Kier alpha value is -1.37. The average Bonchev–Trinajstić information content (AvgIpc) is 2.55. The summed E-state index contributed by atoms with van der Waals surface area (Å²) in [5.74, 6) is -0.602. The second kappa shape index (κ2) is 5.73. The van der Waals surface area contributed by atoms with Crippen molar-refractivity contribution < 1.29 is 24.1 Å². The minimum Gasteiger partial charge on any atom is -0.465 e. The molecular formula is C12H13ClFNO4. The molecule has 1 aromatic carbocycles. The number of hydrogen-bond acceptors (Lipinski definition) is 3. The van der Waals surface area contributed by atoms with E-state index in [1.165, 1.54) is 12.1 Å². The number of β-amino-alcohol motifs (C(OH)–C–C–N with tert-alkyl or cyclic N) is 1. The monoisotopic (exact) mass is 289 g/mol. The Balaban J connectivity index is 2.19. The minimum absolute atomic E-state index is 0.0148. The molecule has 2 N–H and O–H groups in total. The summed E-state index contributed by atoms with van der Waals surface area (Å²) < 4.78 is 18.8. The highest BCUT2D eigenvalue weighted by atomic mass is 35.5. The third-order valence-electron chi connectivity index (χ3n) is 2.96. The number of carboxylic acid groups (broad SMARTS) is 1. The van der Waals surface area contributed by atoms with Crippen LogP contribution in [-0.4, -0.2) is 47.0 Å². The fourth-order valence-electron chi connectivity index (χ4n) is 2.00. The number of carbonyl (C=O) groups is 1. The van der Waals surface area contributed by atoms with Gasteiger partial charge in [0.05, 0.1) is 18.2 Å². The molecule has 0 spiro atoms. The van der Waals surface area contributed by atoms with Crippen molar-refractivity contribution in [2.45, 2.75) is 12.2 Å². The lowest BCUT2D eigenvalue weighted by Crippen LogP contribution is -2.37. The lowest BCUT2D eigenvalue weighted by Gasteiger charge is -2.22. The zero-order valence-corrected chi connectivity index (χ0v) is 10.7. The van der Waals surface area contributed by atoms with Crippen LogP contribution >= 0.6 is 11.6 Å². The molecule has 19 heavy (non-hydrogen) atoms. The number of amides is 1. The van der Waals surface area contributed by atoms with Gasteiger partial charge in [-0.15, -0.1) is 0 Å². The van der Waals surface area contributed by atoms with Gasteiger partial charge in [-0.25, -0.2) is 9.18 Å². The molecule has 0 aromatic heterocycles. The summed E-state index contributed by atoms with van der Waals surface area (Å²) in [6.07, 6.45) is -2.94. The van der Waals surface area contributed by atoms with E-state index in [0.29, 0.717) is 5.56 Å². The fourth-order valence-corrected chi connectivity index (χ4v) is 2.11. The van der Waals surface area contributed by atoms with E-state index in [-0.39, 0.29) is 24.7 Å². The maximum absolute atomic E-state index is 13.4. The van der Waals surface area contributed by atoms with Crippen LogP contribution in [0.2, 0.25) is 5.02 Å². The van der Waals surface area contributed by atoms with Gasteiger partial charge in [-0.2, -0.15) is 0 Å². The molecule has 7 heteroatoms. The Labute approximate surface area is 114 Å². The van der Waals surface area contributed by atoms with Crippen molar-refractivity contribution in [3.8, 4) is 0 Å². The summed E-state index contributed by atoms with van der Waals surface area (Å²) in [5, 5.41) is 18.9. The van der Waals surface area contributed by atoms with Crippen molar-refractivity contribution in [2.24, 2.45) is 0 Å². The largest absolute Gasteiger partial charge is 0.465 e. The van der Waals surface area contributed by atoms with Gasteiger partial charge in [0.1, 0.15) is 18.0 Å². The van der Waals surface area contributed by atoms with Gasteiger partial charge in [0.25, 0.3) is 0 Å². The van der Waals surface area contributed by atoms with Crippen molar-refractivity contribution in [1.82, 2.24) is 4.90 Å². The van der Waals surface area contributed by atoms with E-state index in [9.17, 15) is 14.3 Å². The van der Waals surface area contributed by atoms with Gasteiger partial charge >= 0.3 is 6.09 Å². The van der Waals surface area contributed by atoms with Crippen molar-refractivity contribution in [1.29, 1.82) is 0 Å². The molecule has 0 unspecified atom stereocenters. The van der Waals surface area contributed by atoms with Crippen molar-refractivity contribution in [2.75, 3.05) is 19.7 Å². The van der Waals surface area contributed by atoms with Gasteiger partial charge in [-0.1, -0.05) is 17.7 Å². The summed E-state index contributed by atoms with van der Waals surface area (Å²) in [4.78, 5) is 11.9. The molecule has 1 aliphatic rings. The number of aliphatic hydroxyl groups is 1. The summed E-state index contributed by atoms with van der Waals surface area (Å²) in [6, 6.07) is 4.12. The van der Waals surface area contributed by atoms with Gasteiger partial charge in [0.2, 0.25) is 0 Å². The first kappa shape index (κ1) is 14.0. The molecule has 0 radical (unpaired) electrons. The first-order valence-corrected chi connectivity index (χ1v) is 6.09. The third kappa shape index (κ3) is 3.15. The quantitative estimate of drug-likeness (QED) is 0.828. The van der Waals surface area contributed by atoms with Crippen LogP contribution in [0.4, 0.5) is 9.18 Å². The second-order valence-corrected chi connectivity index (χ2v) is 4.67. The van der Waals surface area contributed by atoms with Gasteiger partial charge < -0.3 is 19.8 Å². The number of hydrogen-bond donors (Lipinski definition) is 2. The van der Waals surface area contributed by atoms with Crippen LogP contribution in [-0.2, 0) is 4.74 Å². The summed E-state index contributed by atoms with van der Waals surface area (Å²) >= 11 is 5.59. The van der Waals surface area contributed by atoms with E-state index in [1.54, 1.807) is 6.07 Å². The van der Waals surface area contributed by atoms with Crippen LogP contribution in [0, 0.1) is 5.82 Å². The van der Waals surface area contributed by atoms with E-state index < -0.39 is 24.1 Å². The minimum atomic E-state index is -1.12. The second-order valence-electron chi connectivity index (χ2n) is 4.26. The maximum Gasteiger partial charge on any atom is 0.407 e. The molecule has 2 rings (SSSR count). The molecule has 1 aliphatic heterocycles. The van der Waals surface area contributed by atoms with Gasteiger partial charge in [0.15, 0.2) is 0 Å². The summed E-state index contributed by atoms with van der Waals surface area (Å²) in [7, 11) is 0. The Bertz CT molecular complexity index is 485.